The molecule has 1 aromatic carbocycles. The van der Waals surface area contributed by atoms with E-state index in [-0.39, 0.29) is 23.9 Å². The van der Waals surface area contributed by atoms with Crippen LogP contribution in [0, 0.1) is 11.2 Å². The molecule has 0 spiro atoms. The second-order valence-corrected chi connectivity index (χ2v) is 7.60. The summed E-state index contributed by atoms with van der Waals surface area (Å²) in [6.45, 7) is 6.86. The summed E-state index contributed by atoms with van der Waals surface area (Å²) >= 11 is 0. The number of anilines is 1. The van der Waals surface area contributed by atoms with Gasteiger partial charge in [-0.15, -0.1) is 0 Å². The van der Waals surface area contributed by atoms with Gasteiger partial charge in [-0.25, -0.2) is 4.39 Å². The lowest BCUT2D eigenvalue weighted by Gasteiger charge is -2.34. The van der Waals surface area contributed by atoms with E-state index in [2.05, 4.69) is 15.5 Å². The molecule has 2 atom stereocenters. The third kappa shape index (κ3) is 3.96. The molecule has 3 N–H and O–H groups in total. The lowest BCUT2D eigenvalue weighted by atomic mass is 9.88. The zero-order chi connectivity index (χ0) is 18.0. The molecular formula is C19H28FN3O2. The molecule has 0 saturated carbocycles. The van der Waals surface area contributed by atoms with Crippen molar-refractivity contribution in [3.05, 3.63) is 29.6 Å². The SMILES string of the molecule is C[C@H](NC(=O)[C@]1(C)CCNC1)c1cc(F)ccc1N1CCC(O)CC1. The topological polar surface area (TPSA) is 64.6 Å². The Kier molecular flexibility index (Phi) is 5.29. The fraction of sp³-hybridized carbons (Fsp3) is 0.632. The molecule has 2 aliphatic rings. The summed E-state index contributed by atoms with van der Waals surface area (Å²) in [5, 5.41) is 16.0. The van der Waals surface area contributed by atoms with E-state index < -0.39 is 5.41 Å². The van der Waals surface area contributed by atoms with E-state index in [0.717, 1.165) is 37.3 Å². The summed E-state index contributed by atoms with van der Waals surface area (Å²) in [6.07, 6.45) is 1.97. The van der Waals surface area contributed by atoms with Crippen molar-refractivity contribution in [3.8, 4) is 0 Å². The van der Waals surface area contributed by atoms with Crippen LogP contribution in [0.1, 0.15) is 44.7 Å². The molecule has 2 saturated heterocycles. The Labute approximate surface area is 148 Å². The van der Waals surface area contributed by atoms with Crippen LogP contribution in [0.5, 0.6) is 0 Å². The maximum atomic E-state index is 13.9. The van der Waals surface area contributed by atoms with Gasteiger partial charge in [-0.05, 0) is 57.9 Å². The van der Waals surface area contributed by atoms with E-state index in [1.54, 1.807) is 6.07 Å². The number of nitrogens with one attached hydrogen (secondary N) is 2. The maximum absolute atomic E-state index is 13.9. The molecule has 1 aromatic rings. The molecule has 0 bridgehead atoms. The first-order chi connectivity index (χ1) is 11.9. The fourth-order valence-electron chi connectivity index (χ4n) is 3.73. The molecule has 0 radical (unpaired) electrons. The third-order valence-electron chi connectivity index (χ3n) is 5.53. The summed E-state index contributed by atoms with van der Waals surface area (Å²) in [4.78, 5) is 14.8. The summed E-state index contributed by atoms with van der Waals surface area (Å²) in [5.41, 5.74) is 1.33. The van der Waals surface area contributed by atoms with Crippen LogP contribution >= 0.6 is 0 Å². The van der Waals surface area contributed by atoms with Gasteiger partial charge in [-0.1, -0.05) is 0 Å². The monoisotopic (exact) mass is 349 g/mol. The number of halogens is 1. The number of nitrogens with zero attached hydrogens (tertiary/aromatic N) is 1. The highest BCUT2D eigenvalue weighted by Crippen LogP contribution is 2.31. The minimum absolute atomic E-state index is 0.00859. The number of piperidine rings is 1. The minimum atomic E-state index is -0.406. The molecule has 2 aliphatic heterocycles. The standard InChI is InChI=1S/C19H28FN3O2/c1-13(22-18(25)19(2)7-8-21-12-19)16-11-14(20)3-4-17(16)23-9-5-15(24)6-10-23/h3-4,11,13,15,21,24H,5-10,12H2,1-2H3,(H,22,25)/t13-,19+/m0/s1. The molecule has 0 aromatic heterocycles. The first-order valence-corrected chi connectivity index (χ1v) is 9.13. The van der Waals surface area contributed by atoms with Crippen molar-refractivity contribution >= 4 is 11.6 Å². The fourth-order valence-corrected chi connectivity index (χ4v) is 3.73. The molecule has 2 heterocycles. The summed E-state index contributed by atoms with van der Waals surface area (Å²) in [7, 11) is 0. The van der Waals surface area contributed by atoms with Gasteiger partial charge in [0.1, 0.15) is 5.82 Å². The van der Waals surface area contributed by atoms with E-state index >= 15 is 0 Å². The molecule has 0 aliphatic carbocycles. The smallest absolute Gasteiger partial charge is 0.227 e. The van der Waals surface area contributed by atoms with Gasteiger partial charge in [0.2, 0.25) is 5.91 Å². The van der Waals surface area contributed by atoms with Crippen molar-refractivity contribution in [2.24, 2.45) is 5.41 Å². The predicted molar refractivity (Wildman–Crippen MR) is 96.0 cm³/mol. The van der Waals surface area contributed by atoms with Crippen molar-refractivity contribution in [1.29, 1.82) is 0 Å². The van der Waals surface area contributed by atoms with Crippen LogP contribution < -0.4 is 15.5 Å². The first kappa shape index (κ1) is 18.1. The van der Waals surface area contributed by atoms with Gasteiger partial charge in [0.05, 0.1) is 17.6 Å². The average molecular weight is 349 g/mol. The first-order valence-electron chi connectivity index (χ1n) is 9.13. The largest absolute Gasteiger partial charge is 0.393 e. The van der Waals surface area contributed by atoms with Crippen molar-refractivity contribution in [2.45, 2.75) is 45.3 Å². The molecule has 2 fully saturated rings. The Bertz CT molecular complexity index is 623. The van der Waals surface area contributed by atoms with Crippen molar-refractivity contribution in [1.82, 2.24) is 10.6 Å². The number of aliphatic hydroxyl groups excluding tert-OH is 1. The number of carbonyl (C=O) groups excluding carboxylic acids is 1. The molecule has 1 amide bonds. The van der Waals surface area contributed by atoms with Crippen LogP contribution in [0.15, 0.2) is 18.2 Å². The van der Waals surface area contributed by atoms with Crippen LogP contribution in [0.4, 0.5) is 10.1 Å². The number of benzene rings is 1. The van der Waals surface area contributed by atoms with Crippen LogP contribution in [0.3, 0.4) is 0 Å². The molecule has 6 heteroatoms. The van der Waals surface area contributed by atoms with Crippen LogP contribution in [-0.2, 0) is 4.79 Å². The molecule has 138 valence electrons. The molecule has 5 nitrogen and oxygen atoms in total. The number of amides is 1. The van der Waals surface area contributed by atoms with Crippen molar-refractivity contribution < 1.29 is 14.3 Å². The van der Waals surface area contributed by atoms with Gasteiger partial charge < -0.3 is 20.6 Å². The Balaban J connectivity index is 1.78. The second-order valence-electron chi connectivity index (χ2n) is 7.60. The number of hydrogen-bond donors (Lipinski definition) is 3. The van der Waals surface area contributed by atoms with Crippen LogP contribution in [0.2, 0.25) is 0 Å². The second kappa shape index (κ2) is 7.30. The minimum Gasteiger partial charge on any atom is -0.393 e. The normalized spacial score (nSPS) is 25.8. The summed E-state index contributed by atoms with van der Waals surface area (Å²) < 4.78 is 13.9. The van der Waals surface area contributed by atoms with Gasteiger partial charge in [0.15, 0.2) is 0 Å². The van der Waals surface area contributed by atoms with Crippen LogP contribution in [-0.4, -0.2) is 43.3 Å². The van der Waals surface area contributed by atoms with Gasteiger partial charge in [0.25, 0.3) is 0 Å². The number of hydrogen-bond acceptors (Lipinski definition) is 4. The van der Waals surface area contributed by atoms with Gasteiger partial charge in [-0.2, -0.15) is 0 Å². The quantitative estimate of drug-likeness (QED) is 0.778. The Morgan fingerprint density at radius 3 is 2.80 bits per heavy atom. The van der Waals surface area contributed by atoms with Gasteiger partial charge in [0, 0.05) is 30.9 Å². The summed E-state index contributed by atoms with van der Waals surface area (Å²) in [6, 6.07) is 4.48. The highest BCUT2D eigenvalue weighted by atomic mass is 19.1. The number of carbonyl (C=O) groups is 1. The van der Waals surface area contributed by atoms with E-state index in [9.17, 15) is 14.3 Å². The van der Waals surface area contributed by atoms with E-state index in [1.807, 2.05) is 13.8 Å². The zero-order valence-corrected chi connectivity index (χ0v) is 15.0. The van der Waals surface area contributed by atoms with Gasteiger partial charge >= 0.3 is 0 Å². The number of aliphatic hydroxyl groups is 1. The third-order valence-corrected chi connectivity index (χ3v) is 5.53. The van der Waals surface area contributed by atoms with Crippen LogP contribution in [0.25, 0.3) is 0 Å². The Hall–Kier alpha value is -1.66. The highest BCUT2D eigenvalue weighted by Gasteiger charge is 2.37. The maximum Gasteiger partial charge on any atom is 0.227 e. The lowest BCUT2D eigenvalue weighted by Crippen LogP contribution is -2.42. The number of rotatable bonds is 4. The Morgan fingerprint density at radius 2 is 2.16 bits per heavy atom. The molecule has 3 rings (SSSR count). The van der Waals surface area contributed by atoms with E-state index in [1.165, 1.54) is 12.1 Å². The lowest BCUT2D eigenvalue weighted by molar-refractivity contribution is -0.129. The summed E-state index contributed by atoms with van der Waals surface area (Å²) in [5.74, 6) is -0.292. The molecular weight excluding hydrogens is 321 g/mol. The van der Waals surface area contributed by atoms with Crippen molar-refractivity contribution in [3.63, 3.8) is 0 Å². The predicted octanol–water partition coefficient (Wildman–Crippen LogP) is 1.96. The molecule has 25 heavy (non-hydrogen) atoms. The van der Waals surface area contributed by atoms with E-state index in [0.29, 0.717) is 19.4 Å². The zero-order valence-electron chi connectivity index (χ0n) is 15.0. The Morgan fingerprint density at radius 1 is 1.44 bits per heavy atom. The average Bonchev–Trinajstić information content (AvgIpc) is 3.04. The van der Waals surface area contributed by atoms with Gasteiger partial charge in [-0.3, -0.25) is 4.79 Å². The highest BCUT2D eigenvalue weighted by molar-refractivity contribution is 5.83. The van der Waals surface area contributed by atoms with Crippen molar-refractivity contribution in [2.75, 3.05) is 31.1 Å². The van der Waals surface area contributed by atoms with E-state index in [4.69, 9.17) is 0 Å². The molecule has 0 unspecified atom stereocenters.